The van der Waals surface area contributed by atoms with Crippen molar-refractivity contribution in [3.8, 4) is 23.3 Å². The third kappa shape index (κ3) is 2.39. The molecule has 0 spiro atoms. The van der Waals surface area contributed by atoms with Crippen LogP contribution in [-0.2, 0) is 13.6 Å². The topological polar surface area (TPSA) is 74.5 Å². The molecule has 1 heterocycles. The van der Waals surface area contributed by atoms with Gasteiger partial charge < -0.3 is 0 Å². The van der Waals surface area contributed by atoms with Gasteiger partial charge in [0.15, 0.2) is 0 Å². The Morgan fingerprint density at radius 3 is 2.61 bits per heavy atom. The number of fused-ring (bicyclic) bond motifs is 1. The minimum atomic E-state index is -0.138. The van der Waals surface area contributed by atoms with E-state index in [1.807, 2.05) is 36.4 Å². The smallest absolute Gasteiger partial charge is 0.295 e. The first-order valence-corrected chi connectivity index (χ1v) is 7.23. The molecule has 0 aliphatic rings. The molecule has 23 heavy (non-hydrogen) atoms. The van der Waals surface area contributed by atoms with Crippen LogP contribution in [0.2, 0.25) is 0 Å². The van der Waals surface area contributed by atoms with Crippen LogP contribution < -0.4 is 5.69 Å². The monoisotopic (exact) mass is 302 g/mol. The maximum atomic E-state index is 12.3. The van der Waals surface area contributed by atoms with Crippen molar-refractivity contribution in [3.05, 3.63) is 58.5 Å². The van der Waals surface area contributed by atoms with E-state index in [1.165, 1.54) is 0 Å². The highest BCUT2D eigenvalue weighted by molar-refractivity contribution is 5.84. The molecule has 0 saturated carbocycles. The van der Waals surface area contributed by atoms with Crippen molar-refractivity contribution in [2.75, 3.05) is 0 Å². The molecular weight excluding hydrogens is 288 g/mol. The van der Waals surface area contributed by atoms with Gasteiger partial charge in [-0.1, -0.05) is 24.3 Å². The standard InChI is InChI=1S/C18H14N4O/c1-21-17-11-13(15-6-3-2-5-14(15)12-20)7-8-16(17)22(18(21)23)10-4-9-19/h2-3,5-8,11H,4,10H2,1H3. The van der Waals surface area contributed by atoms with Crippen LogP contribution in [0.4, 0.5) is 0 Å². The van der Waals surface area contributed by atoms with Gasteiger partial charge in [0.05, 0.1) is 35.2 Å². The summed E-state index contributed by atoms with van der Waals surface area (Å²) in [6, 6.07) is 17.3. The lowest BCUT2D eigenvalue weighted by molar-refractivity contribution is 0.680. The number of imidazole rings is 1. The normalized spacial score (nSPS) is 10.4. The van der Waals surface area contributed by atoms with Gasteiger partial charge in [0.1, 0.15) is 0 Å². The highest BCUT2D eigenvalue weighted by Gasteiger charge is 2.12. The molecule has 5 nitrogen and oxygen atoms in total. The molecule has 5 heteroatoms. The van der Waals surface area contributed by atoms with Crippen molar-refractivity contribution in [1.29, 1.82) is 10.5 Å². The van der Waals surface area contributed by atoms with E-state index in [2.05, 4.69) is 12.1 Å². The first-order valence-electron chi connectivity index (χ1n) is 7.23. The predicted molar refractivity (Wildman–Crippen MR) is 87.6 cm³/mol. The fraction of sp³-hybridized carbons (Fsp3) is 0.167. The van der Waals surface area contributed by atoms with E-state index in [1.54, 1.807) is 22.2 Å². The summed E-state index contributed by atoms with van der Waals surface area (Å²) < 4.78 is 3.18. The summed E-state index contributed by atoms with van der Waals surface area (Å²) in [6.07, 6.45) is 0.290. The Bertz CT molecular complexity index is 1030. The van der Waals surface area contributed by atoms with Gasteiger partial charge in [-0.3, -0.25) is 9.13 Å². The lowest BCUT2D eigenvalue weighted by atomic mass is 10.00. The molecule has 0 radical (unpaired) electrons. The minimum Gasteiger partial charge on any atom is -0.295 e. The number of aromatic nitrogens is 2. The van der Waals surface area contributed by atoms with Gasteiger partial charge in [-0.2, -0.15) is 10.5 Å². The van der Waals surface area contributed by atoms with Crippen molar-refractivity contribution in [3.63, 3.8) is 0 Å². The fourth-order valence-corrected chi connectivity index (χ4v) is 2.79. The summed E-state index contributed by atoms with van der Waals surface area (Å²) in [5, 5.41) is 18.0. The molecule has 0 N–H and O–H groups in total. The summed E-state index contributed by atoms with van der Waals surface area (Å²) >= 11 is 0. The summed E-state index contributed by atoms with van der Waals surface area (Å²) in [6.45, 7) is 0.376. The quantitative estimate of drug-likeness (QED) is 0.746. The average molecular weight is 302 g/mol. The Labute approximate surface area is 133 Å². The summed E-state index contributed by atoms with van der Waals surface area (Å²) in [5.74, 6) is 0. The zero-order chi connectivity index (χ0) is 16.4. The van der Waals surface area contributed by atoms with Crippen molar-refractivity contribution < 1.29 is 0 Å². The van der Waals surface area contributed by atoms with Crippen LogP contribution in [0.3, 0.4) is 0 Å². The van der Waals surface area contributed by atoms with Crippen LogP contribution >= 0.6 is 0 Å². The number of nitriles is 2. The molecule has 112 valence electrons. The van der Waals surface area contributed by atoms with Crippen molar-refractivity contribution in [2.45, 2.75) is 13.0 Å². The highest BCUT2D eigenvalue weighted by Crippen LogP contribution is 2.26. The molecule has 0 amide bonds. The predicted octanol–water partition coefficient (Wildman–Crippen LogP) is 2.79. The van der Waals surface area contributed by atoms with E-state index in [-0.39, 0.29) is 12.1 Å². The molecule has 3 aromatic rings. The van der Waals surface area contributed by atoms with Gasteiger partial charge in [0, 0.05) is 13.6 Å². The van der Waals surface area contributed by atoms with E-state index in [0.717, 1.165) is 22.2 Å². The van der Waals surface area contributed by atoms with E-state index >= 15 is 0 Å². The molecule has 0 fully saturated rings. The van der Waals surface area contributed by atoms with Crippen molar-refractivity contribution in [1.82, 2.24) is 9.13 Å². The largest absolute Gasteiger partial charge is 0.328 e. The molecule has 0 aliphatic heterocycles. The molecular formula is C18H14N4O. The maximum Gasteiger partial charge on any atom is 0.328 e. The van der Waals surface area contributed by atoms with Gasteiger partial charge in [0.2, 0.25) is 0 Å². The van der Waals surface area contributed by atoms with Gasteiger partial charge in [-0.15, -0.1) is 0 Å². The number of aryl methyl sites for hydroxylation is 2. The number of hydrogen-bond acceptors (Lipinski definition) is 3. The third-order valence-electron chi connectivity index (χ3n) is 3.95. The number of benzene rings is 2. The van der Waals surface area contributed by atoms with Gasteiger partial charge in [-0.25, -0.2) is 4.79 Å². The molecule has 0 saturated heterocycles. The Kier molecular flexibility index (Phi) is 3.70. The van der Waals surface area contributed by atoms with Gasteiger partial charge in [0.25, 0.3) is 0 Å². The van der Waals surface area contributed by atoms with Crippen LogP contribution in [0, 0.1) is 22.7 Å². The van der Waals surface area contributed by atoms with E-state index in [0.29, 0.717) is 12.1 Å². The summed E-state index contributed by atoms with van der Waals surface area (Å²) in [4.78, 5) is 12.3. The first kappa shape index (κ1) is 14.6. The van der Waals surface area contributed by atoms with Crippen molar-refractivity contribution >= 4 is 11.0 Å². The second kappa shape index (κ2) is 5.82. The van der Waals surface area contributed by atoms with Gasteiger partial charge >= 0.3 is 5.69 Å². The molecule has 3 rings (SSSR count). The first-order chi connectivity index (χ1) is 11.2. The average Bonchev–Trinajstić information content (AvgIpc) is 2.83. The number of nitrogens with zero attached hydrogens (tertiary/aromatic N) is 4. The van der Waals surface area contributed by atoms with Crippen molar-refractivity contribution in [2.24, 2.45) is 7.05 Å². The van der Waals surface area contributed by atoms with Crippen LogP contribution in [0.15, 0.2) is 47.3 Å². The fourth-order valence-electron chi connectivity index (χ4n) is 2.79. The van der Waals surface area contributed by atoms with E-state index in [9.17, 15) is 10.1 Å². The Hall–Kier alpha value is -3.31. The van der Waals surface area contributed by atoms with E-state index < -0.39 is 0 Å². The lowest BCUT2D eigenvalue weighted by Crippen LogP contribution is -2.22. The zero-order valence-electron chi connectivity index (χ0n) is 12.7. The highest BCUT2D eigenvalue weighted by atomic mass is 16.1. The minimum absolute atomic E-state index is 0.138. The third-order valence-corrected chi connectivity index (χ3v) is 3.95. The van der Waals surface area contributed by atoms with E-state index in [4.69, 9.17) is 5.26 Å². The zero-order valence-corrected chi connectivity index (χ0v) is 12.7. The summed E-state index contributed by atoms with van der Waals surface area (Å²) in [5.41, 5.74) is 3.78. The molecule has 1 aromatic heterocycles. The molecule has 2 aromatic carbocycles. The number of hydrogen-bond donors (Lipinski definition) is 0. The van der Waals surface area contributed by atoms with Crippen LogP contribution in [0.1, 0.15) is 12.0 Å². The molecule has 0 atom stereocenters. The second-order valence-corrected chi connectivity index (χ2v) is 5.26. The lowest BCUT2D eigenvalue weighted by Gasteiger charge is -2.05. The Morgan fingerprint density at radius 2 is 1.87 bits per heavy atom. The molecule has 0 aliphatic carbocycles. The van der Waals surface area contributed by atoms with Gasteiger partial charge in [-0.05, 0) is 29.3 Å². The molecule has 0 bridgehead atoms. The Morgan fingerprint density at radius 1 is 1.09 bits per heavy atom. The summed E-state index contributed by atoms with van der Waals surface area (Å²) in [7, 11) is 1.72. The van der Waals surface area contributed by atoms with Crippen LogP contribution in [0.25, 0.3) is 22.2 Å². The number of rotatable bonds is 3. The SMILES string of the molecule is Cn1c(=O)n(CCC#N)c2ccc(-c3ccccc3C#N)cc21. The van der Waals surface area contributed by atoms with Crippen LogP contribution in [-0.4, -0.2) is 9.13 Å². The Balaban J connectivity index is 2.21. The maximum absolute atomic E-state index is 12.3. The molecule has 0 unspecified atom stereocenters. The van der Waals surface area contributed by atoms with Crippen LogP contribution in [0.5, 0.6) is 0 Å². The second-order valence-electron chi connectivity index (χ2n) is 5.26.